The molecule has 1 fully saturated rings. The van der Waals surface area contributed by atoms with E-state index in [0.717, 1.165) is 85.2 Å². The molecule has 1 saturated heterocycles. The summed E-state index contributed by atoms with van der Waals surface area (Å²) < 4.78 is 86.1. The Morgan fingerprint density at radius 2 is 0.984 bits per heavy atom. The van der Waals surface area contributed by atoms with Crippen LogP contribution in [0, 0.1) is 11.6 Å². The number of rotatable bonds is 17. The second kappa shape index (κ2) is 20.8. The number of hydrogen-bond donors (Lipinski definition) is 0. The maximum atomic E-state index is 13.5. The summed E-state index contributed by atoms with van der Waals surface area (Å²) in [5.74, 6) is 0.233. The van der Waals surface area contributed by atoms with Crippen LogP contribution in [0.1, 0.15) is 64.5 Å². The summed E-state index contributed by atoms with van der Waals surface area (Å²) in [6, 6.07) is 22.8. The zero-order chi connectivity index (χ0) is 44.6. The molecule has 4 aromatic carbocycles. The van der Waals surface area contributed by atoms with Crippen molar-refractivity contribution in [2.45, 2.75) is 76.3 Å². The van der Waals surface area contributed by atoms with Crippen LogP contribution in [0.25, 0.3) is 21.8 Å². The van der Waals surface area contributed by atoms with E-state index in [2.05, 4.69) is 21.9 Å². The van der Waals surface area contributed by atoms with E-state index in [4.69, 9.17) is 16.7 Å². The van der Waals surface area contributed by atoms with E-state index in [0.29, 0.717) is 49.6 Å². The number of sulfonamides is 2. The van der Waals surface area contributed by atoms with Crippen LogP contribution in [-0.4, -0.2) is 109 Å². The topological polar surface area (TPSA) is 117 Å². The Morgan fingerprint density at radius 3 is 1.42 bits per heavy atom. The van der Waals surface area contributed by atoms with Gasteiger partial charge in [-0.05, 0) is 105 Å². The summed E-state index contributed by atoms with van der Waals surface area (Å²) in [5.41, 5.74) is 3.40. The van der Waals surface area contributed by atoms with Crippen LogP contribution < -0.4 is 4.90 Å². The summed E-state index contributed by atoms with van der Waals surface area (Å²) in [6.07, 6.45) is 3.03. The van der Waals surface area contributed by atoms with Crippen molar-refractivity contribution >= 4 is 59.3 Å². The fourth-order valence-corrected chi connectivity index (χ4v) is 11.1. The van der Waals surface area contributed by atoms with Gasteiger partial charge >= 0.3 is 0 Å². The third-order valence-electron chi connectivity index (χ3n) is 10.8. The van der Waals surface area contributed by atoms with Gasteiger partial charge in [0.05, 0.1) is 33.9 Å². The first kappa shape index (κ1) is 47.0. The van der Waals surface area contributed by atoms with Crippen LogP contribution in [0.15, 0.2) is 94.7 Å². The molecule has 17 heteroatoms. The van der Waals surface area contributed by atoms with E-state index in [-0.39, 0.29) is 21.7 Å². The monoisotopic (exact) mass is 910 g/mol. The highest BCUT2D eigenvalue weighted by Crippen LogP contribution is 2.32. The number of hydrogen-bond acceptors (Lipinski definition) is 8. The molecule has 0 atom stereocenters. The molecule has 0 radical (unpaired) electrons. The minimum atomic E-state index is -3.60. The van der Waals surface area contributed by atoms with Crippen LogP contribution in [0.4, 0.5) is 14.6 Å². The van der Waals surface area contributed by atoms with Crippen LogP contribution in [-0.2, 0) is 33.1 Å². The molecule has 0 amide bonds. The number of likely N-dealkylation sites (N-methyl/N-ethyl adjacent to an activating group) is 1. The third kappa shape index (κ3) is 10.8. The lowest BCUT2D eigenvalue weighted by atomic mass is 10.2. The van der Waals surface area contributed by atoms with E-state index >= 15 is 0 Å². The first-order valence-corrected chi connectivity index (χ1v) is 24.5. The summed E-state index contributed by atoms with van der Waals surface area (Å²) in [6.45, 7) is 14.2. The lowest BCUT2D eigenvalue weighted by Crippen LogP contribution is -2.44. The van der Waals surface area contributed by atoms with Crippen molar-refractivity contribution in [3.8, 4) is 0 Å². The Kier molecular flexibility index (Phi) is 15.8. The van der Waals surface area contributed by atoms with Crippen molar-refractivity contribution in [2.75, 3.05) is 64.3 Å². The molecule has 1 aliphatic rings. The van der Waals surface area contributed by atoms with Crippen molar-refractivity contribution in [1.82, 2.24) is 33.1 Å². The summed E-state index contributed by atoms with van der Waals surface area (Å²) in [7, 11) is -5.09. The van der Waals surface area contributed by atoms with Gasteiger partial charge in [-0.15, -0.1) is 0 Å². The molecule has 6 aromatic rings. The molecule has 0 spiro atoms. The molecule has 0 aliphatic carbocycles. The van der Waals surface area contributed by atoms with Crippen LogP contribution in [0.3, 0.4) is 0 Å². The van der Waals surface area contributed by atoms with E-state index in [9.17, 15) is 25.6 Å². The fourth-order valence-electron chi connectivity index (χ4n) is 7.60. The SMILES string of the molecule is CCCN(CCC)S(=O)(=O)c1ccc2c(c1)c(Cl)nn2Cc1ccc(F)cc1.CCCN(CCC)S(=O)(=O)c1ccc2c(c1)c(N1CCN(C)CC1)nn2Cc1ccc(F)cc1. The number of anilines is 1. The highest BCUT2D eigenvalue weighted by Gasteiger charge is 2.27. The van der Waals surface area contributed by atoms with Crippen molar-refractivity contribution in [3.05, 3.63) is 113 Å². The minimum Gasteiger partial charge on any atom is -0.352 e. The van der Waals surface area contributed by atoms with Gasteiger partial charge in [0.25, 0.3) is 0 Å². The molecule has 0 saturated carbocycles. The lowest BCUT2D eigenvalue weighted by Gasteiger charge is -2.32. The van der Waals surface area contributed by atoms with Gasteiger partial charge in [0.1, 0.15) is 11.6 Å². The zero-order valence-electron chi connectivity index (χ0n) is 36.1. The smallest absolute Gasteiger partial charge is 0.243 e. The van der Waals surface area contributed by atoms with Gasteiger partial charge in [0.15, 0.2) is 11.0 Å². The molecule has 7 rings (SSSR count). The molecule has 334 valence electrons. The van der Waals surface area contributed by atoms with E-state index in [1.54, 1.807) is 63.6 Å². The van der Waals surface area contributed by atoms with Crippen molar-refractivity contribution in [2.24, 2.45) is 0 Å². The number of piperazine rings is 1. The molecular formula is C45H57ClF2N8O4S2. The Hall–Kier alpha value is -4.45. The predicted molar refractivity (Wildman–Crippen MR) is 244 cm³/mol. The van der Waals surface area contributed by atoms with Gasteiger partial charge in [0, 0.05) is 63.1 Å². The average Bonchev–Trinajstić information content (AvgIpc) is 3.78. The quantitative estimate of drug-likeness (QED) is 0.0896. The predicted octanol–water partition coefficient (Wildman–Crippen LogP) is 8.47. The number of nitrogens with zero attached hydrogens (tertiary/aromatic N) is 8. The molecule has 0 bridgehead atoms. The molecule has 3 heterocycles. The molecule has 0 N–H and O–H groups in total. The van der Waals surface area contributed by atoms with Crippen molar-refractivity contribution < 1.29 is 25.6 Å². The Morgan fingerprint density at radius 1 is 0.581 bits per heavy atom. The van der Waals surface area contributed by atoms with Crippen LogP contribution in [0.5, 0.6) is 0 Å². The second-order valence-electron chi connectivity index (χ2n) is 15.6. The Labute approximate surface area is 369 Å². The highest BCUT2D eigenvalue weighted by atomic mass is 35.5. The first-order valence-electron chi connectivity index (χ1n) is 21.3. The molecule has 1 aliphatic heterocycles. The molecule has 0 unspecified atom stereocenters. The summed E-state index contributed by atoms with van der Waals surface area (Å²) in [5, 5.41) is 10.9. The Balaban J connectivity index is 0.000000211. The van der Waals surface area contributed by atoms with E-state index in [1.165, 1.54) is 28.6 Å². The zero-order valence-corrected chi connectivity index (χ0v) is 38.5. The van der Waals surface area contributed by atoms with Crippen LogP contribution >= 0.6 is 11.6 Å². The standard InChI is InChI=1S/C25H34FN5O2S.C20H23ClFN3O2S/c1-4-12-30(13-5-2)34(32,33)22-10-11-24-23(18-22)25(29-16-14-28(3)15-17-29)27-31(24)19-20-6-8-21(26)9-7-20;1-3-11-24(12-4-2)28(26,27)17-9-10-19-18(13-17)20(21)23-25(19)14-15-5-7-16(22)8-6-15/h6-11,18H,4-5,12-17,19H2,1-3H3;5-10,13H,3-4,11-12,14H2,1-2H3. The van der Waals surface area contributed by atoms with Gasteiger partial charge in [-0.25, -0.2) is 25.6 Å². The minimum absolute atomic E-state index is 0.213. The average molecular weight is 912 g/mol. The molecule has 2 aromatic heterocycles. The van der Waals surface area contributed by atoms with Gasteiger partial charge in [-0.1, -0.05) is 63.6 Å². The number of aromatic nitrogens is 4. The normalized spacial score (nSPS) is 14.0. The fraction of sp³-hybridized carbons (Fsp3) is 0.422. The number of fused-ring (bicyclic) bond motifs is 2. The van der Waals surface area contributed by atoms with Crippen molar-refractivity contribution in [1.29, 1.82) is 0 Å². The van der Waals surface area contributed by atoms with Gasteiger partial charge in [0.2, 0.25) is 20.0 Å². The largest absolute Gasteiger partial charge is 0.352 e. The van der Waals surface area contributed by atoms with Crippen LogP contribution in [0.2, 0.25) is 5.15 Å². The maximum absolute atomic E-state index is 13.5. The van der Waals surface area contributed by atoms with Gasteiger partial charge in [-0.3, -0.25) is 9.36 Å². The molecule has 12 nitrogen and oxygen atoms in total. The first-order chi connectivity index (χ1) is 29.7. The molecule has 62 heavy (non-hydrogen) atoms. The third-order valence-corrected chi connectivity index (χ3v) is 14.9. The van der Waals surface area contributed by atoms with Gasteiger partial charge < -0.3 is 9.80 Å². The number of benzene rings is 4. The van der Waals surface area contributed by atoms with Crippen molar-refractivity contribution in [3.63, 3.8) is 0 Å². The number of halogens is 3. The Bertz CT molecular complexity index is 2640. The highest BCUT2D eigenvalue weighted by molar-refractivity contribution is 7.89. The summed E-state index contributed by atoms with van der Waals surface area (Å²) in [4.78, 5) is 5.02. The maximum Gasteiger partial charge on any atom is 0.243 e. The van der Waals surface area contributed by atoms with E-state index < -0.39 is 20.0 Å². The second-order valence-corrected chi connectivity index (χ2v) is 19.9. The summed E-state index contributed by atoms with van der Waals surface area (Å²) >= 11 is 6.29. The lowest BCUT2D eigenvalue weighted by molar-refractivity contribution is 0.312. The van der Waals surface area contributed by atoms with Gasteiger partial charge in [-0.2, -0.15) is 18.8 Å². The molecular weight excluding hydrogens is 854 g/mol. The van der Waals surface area contributed by atoms with E-state index in [1.807, 2.05) is 38.4 Å².